The second-order valence-corrected chi connectivity index (χ2v) is 3.82. The molecule has 2 nitrogen and oxygen atoms in total. The first-order chi connectivity index (χ1) is 5.25. The van der Waals surface area contributed by atoms with E-state index in [1.165, 1.54) is 0 Å². The summed E-state index contributed by atoms with van der Waals surface area (Å²) in [7, 11) is 0.874. The molecule has 60 valence electrons. The molecule has 0 spiro atoms. The van der Waals surface area contributed by atoms with E-state index in [4.69, 9.17) is 0 Å². The predicted molar refractivity (Wildman–Crippen MR) is 50.7 cm³/mol. The highest BCUT2D eigenvalue weighted by Crippen LogP contribution is 2.26. The zero-order valence-electron chi connectivity index (χ0n) is 6.70. The zero-order valence-corrected chi connectivity index (χ0v) is 7.60. The monoisotopic (exact) mass is 169 g/mol. The summed E-state index contributed by atoms with van der Waals surface area (Å²) >= 11 is 0. The minimum atomic E-state index is -0.985. The first-order valence-corrected chi connectivity index (χ1v) is 5.19. The van der Waals surface area contributed by atoms with Crippen LogP contribution in [0.3, 0.4) is 0 Å². The lowest BCUT2D eigenvalue weighted by atomic mass is 10.3. The molecule has 0 saturated carbocycles. The lowest BCUT2D eigenvalue weighted by Gasteiger charge is -2.09. The van der Waals surface area contributed by atoms with Crippen molar-refractivity contribution in [1.29, 1.82) is 0 Å². The normalized spacial score (nSPS) is 12.6. The molecule has 1 unspecified atom stereocenters. The van der Waals surface area contributed by atoms with Crippen LogP contribution in [0.25, 0.3) is 0 Å². The fraction of sp³-hybridized carbons (Fsp3) is 0.250. The van der Waals surface area contributed by atoms with Crippen molar-refractivity contribution < 1.29 is 4.89 Å². The number of nitrogens with one attached hydrogen (secondary N) is 1. The average Bonchev–Trinajstić information content (AvgIpc) is 2.04. The maximum absolute atomic E-state index is 9.36. The molecule has 2 N–H and O–H groups in total. The third kappa shape index (κ3) is 1.92. The summed E-state index contributed by atoms with van der Waals surface area (Å²) in [5.74, 6) is 0. The Morgan fingerprint density at radius 2 is 2.00 bits per heavy atom. The molecule has 1 atom stereocenters. The van der Waals surface area contributed by atoms with Gasteiger partial charge in [-0.15, -0.1) is 0 Å². The maximum atomic E-state index is 9.36. The van der Waals surface area contributed by atoms with Crippen molar-refractivity contribution in [2.24, 2.45) is 0 Å². The molecule has 0 bridgehead atoms. The van der Waals surface area contributed by atoms with E-state index in [1.54, 1.807) is 0 Å². The van der Waals surface area contributed by atoms with Crippen molar-refractivity contribution in [2.75, 3.05) is 19.0 Å². The second kappa shape index (κ2) is 3.70. The van der Waals surface area contributed by atoms with E-state index >= 15 is 0 Å². The minimum absolute atomic E-state index is 0.985. The van der Waals surface area contributed by atoms with Crippen molar-refractivity contribution in [3.63, 3.8) is 0 Å². The standard InChI is InChI=1S/C8H12NOP/c1-9-7-5-3-4-6-8(7)11(2)10/h3-6,9-10H,1-2H3. The highest BCUT2D eigenvalue weighted by molar-refractivity contribution is 7.59. The summed E-state index contributed by atoms with van der Waals surface area (Å²) in [4.78, 5) is 9.36. The number of rotatable bonds is 2. The van der Waals surface area contributed by atoms with Crippen LogP contribution in [-0.4, -0.2) is 18.6 Å². The molecular weight excluding hydrogens is 157 g/mol. The van der Waals surface area contributed by atoms with Gasteiger partial charge in [0.15, 0.2) is 0 Å². The van der Waals surface area contributed by atoms with Gasteiger partial charge >= 0.3 is 0 Å². The van der Waals surface area contributed by atoms with Crippen molar-refractivity contribution in [2.45, 2.75) is 0 Å². The van der Waals surface area contributed by atoms with Gasteiger partial charge in [-0.3, -0.25) is 0 Å². The van der Waals surface area contributed by atoms with Gasteiger partial charge in [-0.2, -0.15) is 0 Å². The molecule has 0 amide bonds. The number of anilines is 1. The van der Waals surface area contributed by atoms with E-state index in [-0.39, 0.29) is 0 Å². The van der Waals surface area contributed by atoms with E-state index in [1.807, 2.05) is 38.0 Å². The molecule has 0 aromatic heterocycles. The smallest absolute Gasteiger partial charge is 0.0552 e. The van der Waals surface area contributed by atoms with Crippen LogP contribution in [0.1, 0.15) is 0 Å². The number of para-hydroxylation sites is 1. The van der Waals surface area contributed by atoms with E-state index in [0.717, 1.165) is 11.0 Å². The van der Waals surface area contributed by atoms with Crippen LogP contribution >= 0.6 is 8.15 Å². The Morgan fingerprint density at radius 3 is 2.45 bits per heavy atom. The summed E-state index contributed by atoms with van der Waals surface area (Å²) in [5, 5.41) is 4.04. The van der Waals surface area contributed by atoms with Gasteiger partial charge < -0.3 is 10.2 Å². The fourth-order valence-corrected chi connectivity index (χ4v) is 1.80. The Balaban J connectivity index is 3.02. The van der Waals surface area contributed by atoms with Crippen LogP contribution in [0, 0.1) is 0 Å². The average molecular weight is 169 g/mol. The van der Waals surface area contributed by atoms with E-state index < -0.39 is 8.15 Å². The van der Waals surface area contributed by atoms with E-state index in [0.29, 0.717) is 0 Å². The molecule has 0 fully saturated rings. The Hall–Kier alpha value is -0.590. The summed E-state index contributed by atoms with van der Waals surface area (Å²) in [6.45, 7) is 1.82. The quantitative estimate of drug-likeness (QED) is 0.655. The molecule has 11 heavy (non-hydrogen) atoms. The maximum Gasteiger partial charge on any atom is 0.0552 e. The topological polar surface area (TPSA) is 32.3 Å². The first kappa shape index (κ1) is 8.51. The van der Waals surface area contributed by atoms with Crippen molar-refractivity contribution in [3.05, 3.63) is 24.3 Å². The SMILES string of the molecule is CNc1ccccc1P(C)O. The molecule has 0 aliphatic carbocycles. The fourth-order valence-electron chi connectivity index (χ4n) is 0.967. The van der Waals surface area contributed by atoms with Gasteiger partial charge in [0.25, 0.3) is 0 Å². The Bertz CT molecular complexity index is 237. The van der Waals surface area contributed by atoms with Crippen LogP contribution in [-0.2, 0) is 0 Å². The Kier molecular flexibility index (Phi) is 2.86. The summed E-state index contributed by atoms with van der Waals surface area (Å²) in [6, 6.07) is 7.79. The molecule has 3 heteroatoms. The Labute approximate surface area is 68.1 Å². The van der Waals surface area contributed by atoms with Gasteiger partial charge in [-0.05, 0) is 12.7 Å². The molecular formula is C8H12NOP. The van der Waals surface area contributed by atoms with Crippen molar-refractivity contribution in [3.8, 4) is 0 Å². The number of hydrogen-bond donors (Lipinski definition) is 2. The highest BCUT2D eigenvalue weighted by atomic mass is 31.1. The largest absolute Gasteiger partial charge is 0.388 e. The van der Waals surface area contributed by atoms with Gasteiger partial charge in [0.05, 0.1) is 8.15 Å². The molecule has 0 heterocycles. The van der Waals surface area contributed by atoms with Crippen molar-refractivity contribution in [1.82, 2.24) is 0 Å². The van der Waals surface area contributed by atoms with Gasteiger partial charge in [-0.1, -0.05) is 18.2 Å². The van der Waals surface area contributed by atoms with Crippen LogP contribution < -0.4 is 10.6 Å². The van der Waals surface area contributed by atoms with Gasteiger partial charge in [-0.25, -0.2) is 0 Å². The molecule has 0 radical (unpaired) electrons. The van der Waals surface area contributed by atoms with Crippen LogP contribution in [0.2, 0.25) is 0 Å². The lowest BCUT2D eigenvalue weighted by molar-refractivity contribution is 0.641. The third-order valence-corrected chi connectivity index (χ3v) is 2.61. The van der Waals surface area contributed by atoms with Gasteiger partial charge in [0, 0.05) is 18.0 Å². The number of hydrogen-bond acceptors (Lipinski definition) is 2. The molecule has 1 rings (SSSR count). The van der Waals surface area contributed by atoms with E-state index in [2.05, 4.69) is 5.32 Å². The van der Waals surface area contributed by atoms with Gasteiger partial charge in [0.1, 0.15) is 0 Å². The molecule has 0 aliphatic heterocycles. The Morgan fingerprint density at radius 1 is 1.36 bits per heavy atom. The predicted octanol–water partition coefficient (Wildman–Crippen LogP) is 1.37. The third-order valence-electron chi connectivity index (χ3n) is 1.52. The minimum Gasteiger partial charge on any atom is -0.388 e. The van der Waals surface area contributed by atoms with Crippen LogP contribution in [0.4, 0.5) is 5.69 Å². The summed E-state index contributed by atoms with van der Waals surface area (Å²) < 4.78 is 0. The molecule has 1 aromatic rings. The van der Waals surface area contributed by atoms with Gasteiger partial charge in [0.2, 0.25) is 0 Å². The molecule has 0 saturated heterocycles. The lowest BCUT2D eigenvalue weighted by Crippen LogP contribution is -2.06. The van der Waals surface area contributed by atoms with Crippen molar-refractivity contribution >= 4 is 19.1 Å². The first-order valence-electron chi connectivity index (χ1n) is 3.45. The van der Waals surface area contributed by atoms with Crippen LogP contribution in [0.15, 0.2) is 24.3 Å². The summed E-state index contributed by atoms with van der Waals surface area (Å²) in [5.41, 5.74) is 1.02. The summed E-state index contributed by atoms with van der Waals surface area (Å²) in [6.07, 6.45) is 0. The molecule has 1 aromatic carbocycles. The second-order valence-electron chi connectivity index (χ2n) is 2.29. The highest BCUT2D eigenvalue weighted by Gasteiger charge is 2.04. The van der Waals surface area contributed by atoms with E-state index in [9.17, 15) is 4.89 Å². The molecule has 0 aliphatic rings. The zero-order chi connectivity index (χ0) is 8.27. The number of benzene rings is 1. The van der Waals surface area contributed by atoms with Crippen LogP contribution in [0.5, 0.6) is 0 Å².